The van der Waals surface area contributed by atoms with Crippen LogP contribution in [0.15, 0.2) is 0 Å². The van der Waals surface area contributed by atoms with E-state index in [2.05, 4.69) is 0 Å². The number of aliphatic hydroxyl groups excluding tert-OH is 1. The van der Waals surface area contributed by atoms with E-state index in [1.54, 1.807) is 7.11 Å². The van der Waals surface area contributed by atoms with E-state index in [0.717, 1.165) is 0 Å². The summed E-state index contributed by atoms with van der Waals surface area (Å²) in [6, 6.07) is -0.524. The summed E-state index contributed by atoms with van der Waals surface area (Å²) in [7, 11) is 7.12. The van der Waals surface area contributed by atoms with Crippen LogP contribution in [0, 0.1) is 0 Å². The van der Waals surface area contributed by atoms with Gasteiger partial charge in [-0.3, -0.25) is 0 Å². The minimum absolute atomic E-state index is 0.318. The lowest BCUT2D eigenvalue weighted by Crippen LogP contribution is -2.45. The van der Waals surface area contributed by atoms with Crippen molar-refractivity contribution in [1.82, 2.24) is 0 Å². The minimum atomic E-state index is -0.723. The van der Waals surface area contributed by atoms with Gasteiger partial charge in [0.25, 0.3) is 0 Å². The number of rotatable bonds is 2. The van der Waals surface area contributed by atoms with Crippen LogP contribution in [-0.4, -0.2) is 57.1 Å². The van der Waals surface area contributed by atoms with Crippen molar-refractivity contribution in [1.29, 1.82) is 0 Å². The summed E-state index contributed by atoms with van der Waals surface area (Å²) in [6.07, 6.45) is -1.05. The van der Waals surface area contributed by atoms with Gasteiger partial charge in [-0.25, -0.2) is 0 Å². The smallest absolute Gasteiger partial charge is 0.142 e. The lowest BCUT2D eigenvalue weighted by atomic mass is 9.92. The van der Waals surface area contributed by atoms with Crippen LogP contribution in [0.25, 0.3) is 0 Å². The van der Waals surface area contributed by atoms with Crippen LogP contribution in [0.5, 0.6) is 0 Å². The van der Waals surface area contributed by atoms with Crippen LogP contribution in [0.3, 0.4) is 0 Å². The summed E-state index contributed by atoms with van der Waals surface area (Å²) in [6.45, 7) is 0.679. The highest BCUT2D eigenvalue weighted by molar-refractivity contribution is 6.11. The predicted molar refractivity (Wildman–Crippen MR) is 41.0 cm³/mol. The number of aliphatic hydroxyl groups is 1. The second-order valence-electron chi connectivity index (χ2n) is 3.30. The second-order valence-corrected chi connectivity index (χ2v) is 3.30. The van der Waals surface area contributed by atoms with Gasteiger partial charge >= 0.3 is 0 Å². The van der Waals surface area contributed by atoms with Crippen LogP contribution in [0.1, 0.15) is 0 Å². The molecule has 12 heavy (non-hydrogen) atoms. The molecule has 2 radical (unpaired) electrons. The quantitative estimate of drug-likeness (QED) is 0.521. The molecule has 0 spiro atoms. The molecule has 2 fully saturated rings. The van der Waals surface area contributed by atoms with Crippen molar-refractivity contribution in [2.75, 3.05) is 20.3 Å². The number of ether oxygens (including phenoxy) is 3. The first-order valence-electron chi connectivity index (χ1n) is 3.92. The monoisotopic (exact) mass is 170 g/mol. The summed E-state index contributed by atoms with van der Waals surface area (Å²) >= 11 is 0. The molecular weight excluding hydrogens is 159 g/mol. The van der Waals surface area contributed by atoms with E-state index < -0.39 is 17.7 Å². The predicted octanol–water partition coefficient (Wildman–Crippen LogP) is -1.34. The van der Waals surface area contributed by atoms with E-state index in [0.29, 0.717) is 13.2 Å². The van der Waals surface area contributed by atoms with Crippen LogP contribution in [-0.2, 0) is 14.2 Å². The number of fused-ring (bicyclic) bond motifs is 2. The van der Waals surface area contributed by atoms with E-state index in [1.165, 1.54) is 0 Å². The number of hydrogen-bond acceptors (Lipinski definition) is 4. The third-order valence-electron chi connectivity index (χ3n) is 2.45. The largest absolute Gasteiger partial charge is 0.387 e. The Hall–Kier alpha value is -0.0951. The zero-order valence-corrected chi connectivity index (χ0v) is 6.90. The molecule has 66 valence electrons. The van der Waals surface area contributed by atoms with Crippen LogP contribution < -0.4 is 0 Å². The molecule has 0 amide bonds. The Morgan fingerprint density at radius 2 is 2.50 bits per heavy atom. The maximum absolute atomic E-state index is 9.67. The molecule has 2 unspecified atom stereocenters. The molecule has 0 aromatic rings. The molecule has 4 nitrogen and oxygen atoms in total. The lowest BCUT2D eigenvalue weighted by Gasteiger charge is -2.28. The fourth-order valence-electron chi connectivity index (χ4n) is 1.83. The van der Waals surface area contributed by atoms with Gasteiger partial charge in [-0.1, -0.05) is 0 Å². The summed E-state index contributed by atoms with van der Waals surface area (Å²) in [5, 5.41) is 9.67. The molecule has 2 bridgehead atoms. The molecule has 2 aliphatic heterocycles. The Morgan fingerprint density at radius 3 is 2.92 bits per heavy atom. The topological polar surface area (TPSA) is 47.9 Å². The maximum atomic E-state index is 9.67. The second kappa shape index (κ2) is 2.70. The summed E-state index contributed by atoms with van der Waals surface area (Å²) < 4.78 is 15.6. The van der Waals surface area contributed by atoms with Crippen molar-refractivity contribution in [3.8, 4) is 0 Å². The Morgan fingerprint density at radius 1 is 1.75 bits per heavy atom. The standard InChI is InChI=1S/C7H11BO4/c1-10-2-7-3-11-4(5(7)9)6(8)12-7/h4-6,9H,2-3H2,1H3/t4?,5?,6-,7-/m1/s1. The minimum Gasteiger partial charge on any atom is -0.387 e. The highest BCUT2D eigenvalue weighted by atomic mass is 16.6. The van der Waals surface area contributed by atoms with Crippen molar-refractivity contribution in [3.63, 3.8) is 0 Å². The Bertz CT molecular complexity index is 188. The molecule has 1 N–H and O–H groups in total. The van der Waals surface area contributed by atoms with Crippen molar-refractivity contribution >= 4 is 7.85 Å². The Labute approximate surface area is 72.2 Å². The van der Waals surface area contributed by atoms with Crippen LogP contribution >= 0.6 is 0 Å². The van der Waals surface area contributed by atoms with Crippen molar-refractivity contribution in [2.24, 2.45) is 0 Å². The van der Waals surface area contributed by atoms with Crippen LogP contribution in [0.4, 0.5) is 0 Å². The molecule has 0 aromatic carbocycles. The fourth-order valence-corrected chi connectivity index (χ4v) is 1.83. The van der Waals surface area contributed by atoms with Gasteiger partial charge in [-0.2, -0.15) is 0 Å². The van der Waals surface area contributed by atoms with Gasteiger partial charge < -0.3 is 19.3 Å². The van der Waals surface area contributed by atoms with Gasteiger partial charge in [0.05, 0.1) is 13.2 Å². The lowest BCUT2D eigenvalue weighted by molar-refractivity contribution is -0.142. The maximum Gasteiger partial charge on any atom is 0.142 e. The van der Waals surface area contributed by atoms with E-state index in [4.69, 9.17) is 22.1 Å². The average molecular weight is 170 g/mol. The SMILES string of the molecule is [B][C@@H]1O[C@]2(COC)COC1C2O. The van der Waals surface area contributed by atoms with Gasteiger partial charge in [-0.05, 0) is 0 Å². The Kier molecular flexibility index (Phi) is 1.91. The number of hydrogen-bond donors (Lipinski definition) is 1. The van der Waals surface area contributed by atoms with E-state index >= 15 is 0 Å². The molecular formula is C7H11BO4. The highest BCUT2D eigenvalue weighted by Gasteiger charge is 2.59. The van der Waals surface area contributed by atoms with Gasteiger partial charge in [0, 0.05) is 13.1 Å². The first-order valence-corrected chi connectivity index (χ1v) is 3.92. The summed E-state index contributed by atoms with van der Waals surface area (Å²) in [4.78, 5) is 0. The van der Waals surface area contributed by atoms with Crippen molar-refractivity contribution in [3.05, 3.63) is 0 Å². The van der Waals surface area contributed by atoms with Crippen molar-refractivity contribution < 1.29 is 19.3 Å². The highest BCUT2D eigenvalue weighted by Crippen LogP contribution is 2.38. The molecule has 0 saturated carbocycles. The average Bonchev–Trinajstić information content (AvgIpc) is 2.41. The summed E-state index contributed by atoms with van der Waals surface area (Å²) in [5.74, 6) is 0. The van der Waals surface area contributed by atoms with E-state index in [9.17, 15) is 5.11 Å². The van der Waals surface area contributed by atoms with E-state index in [1.807, 2.05) is 0 Å². The van der Waals surface area contributed by atoms with Gasteiger partial charge in [0.1, 0.15) is 25.7 Å². The third-order valence-corrected chi connectivity index (χ3v) is 2.45. The zero-order valence-electron chi connectivity index (χ0n) is 6.90. The molecule has 2 heterocycles. The molecule has 0 aromatic heterocycles. The molecule has 2 rings (SSSR count). The Balaban J connectivity index is 2.15. The van der Waals surface area contributed by atoms with Gasteiger partial charge in [0.15, 0.2) is 0 Å². The molecule has 4 atom stereocenters. The van der Waals surface area contributed by atoms with Gasteiger partial charge in [-0.15, -0.1) is 0 Å². The molecule has 2 saturated heterocycles. The van der Waals surface area contributed by atoms with E-state index in [-0.39, 0.29) is 6.10 Å². The van der Waals surface area contributed by atoms with Crippen molar-refractivity contribution in [2.45, 2.75) is 23.8 Å². The first kappa shape index (κ1) is 8.50. The fraction of sp³-hybridized carbons (Fsp3) is 1.00. The number of methoxy groups -OCH3 is 1. The normalized spacial score (nSPS) is 51.7. The van der Waals surface area contributed by atoms with Gasteiger partial charge in [0.2, 0.25) is 0 Å². The first-order chi connectivity index (χ1) is 5.69. The third kappa shape index (κ3) is 0.940. The molecule has 5 heteroatoms. The zero-order chi connectivity index (χ0) is 8.77. The molecule has 0 aliphatic carbocycles. The molecule has 2 aliphatic rings. The summed E-state index contributed by atoms with van der Waals surface area (Å²) in [5.41, 5.74) is -0.723. The van der Waals surface area contributed by atoms with Crippen LogP contribution in [0.2, 0.25) is 0 Å².